The van der Waals surface area contributed by atoms with Gasteiger partial charge in [0, 0.05) is 16.2 Å². The Kier molecular flexibility index (Phi) is 3.34. The van der Waals surface area contributed by atoms with Crippen LogP contribution in [0.1, 0.15) is 15.9 Å². The third-order valence-corrected chi connectivity index (χ3v) is 3.18. The maximum atomic E-state index is 11.3. The molecule has 2 aromatic rings. The second kappa shape index (κ2) is 4.78. The molecular weight excluding hydrogens is 296 g/mol. The van der Waals surface area contributed by atoms with E-state index in [1.165, 1.54) is 6.20 Å². The van der Waals surface area contributed by atoms with E-state index in [2.05, 4.69) is 20.9 Å². The number of pyridine rings is 1. The molecular formula is C13H11BrN2O2. The van der Waals surface area contributed by atoms with E-state index >= 15 is 0 Å². The average molecular weight is 307 g/mol. The van der Waals surface area contributed by atoms with Crippen LogP contribution in [0.5, 0.6) is 0 Å². The molecule has 5 heteroatoms. The number of anilines is 1. The molecule has 1 aromatic heterocycles. The molecule has 0 unspecified atom stereocenters. The van der Waals surface area contributed by atoms with E-state index in [4.69, 9.17) is 5.73 Å². The van der Waals surface area contributed by atoms with Gasteiger partial charge in [-0.3, -0.25) is 0 Å². The van der Waals surface area contributed by atoms with Crippen molar-refractivity contribution in [2.24, 2.45) is 0 Å². The Labute approximate surface area is 113 Å². The molecule has 0 radical (unpaired) electrons. The maximum Gasteiger partial charge on any atom is 0.340 e. The van der Waals surface area contributed by atoms with E-state index in [-0.39, 0.29) is 11.4 Å². The number of benzene rings is 1. The number of aromatic nitrogens is 1. The van der Waals surface area contributed by atoms with Crippen LogP contribution in [-0.2, 0) is 0 Å². The van der Waals surface area contributed by atoms with Crippen LogP contribution >= 0.6 is 15.9 Å². The molecule has 0 bridgehead atoms. The van der Waals surface area contributed by atoms with Crippen LogP contribution in [0.2, 0.25) is 0 Å². The van der Waals surface area contributed by atoms with Gasteiger partial charge in [0.15, 0.2) is 0 Å². The Morgan fingerprint density at radius 2 is 2.06 bits per heavy atom. The van der Waals surface area contributed by atoms with Gasteiger partial charge < -0.3 is 10.8 Å². The molecule has 0 aliphatic carbocycles. The molecule has 0 saturated carbocycles. The number of nitrogens with zero attached hydrogens (tertiary/aromatic N) is 1. The quantitative estimate of drug-likeness (QED) is 0.894. The zero-order valence-electron chi connectivity index (χ0n) is 9.64. The molecule has 0 saturated heterocycles. The number of aromatic carboxylic acids is 1. The van der Waals surface area contributed by atoms with Crippen LogP contribution in [0, 0.1) is 6.92 Å². The average Bonchev–Trinajstić information content (AvgIpc) is 2.31. The number of nitrogens with two attached hydrogens (primary N) is 1. The van der Waals surface area contributed by atoms with E-state index in [9.17, 15) is 9.90 Å². The summed E-state index contributed by atoms with van der Waals surface area (Å²) in [6, 6.07) is 7.36. The monoisotopic (exact) mass is 306 g/mol. The van der Waals surface area contributed by atoms with Crippen LogP contribution < -0.4 is 5.73 Å². The third kappa shape index (κ3) is 2.22. The first kappa shape index (κ1) is 12.6. The number of hydrogen-bond acceptors (Lipinski definition) is 3. The molecule has 0 fully saturated rings. The van der Waals surface area contributed by atoms with Gasteiger partial charge in [-0.05, 0) is 36.2 Å². The number of carboxylic acid groups (broad SMARTS) is 1. The summed E-state index contributed by atoms with van der Waals surface area (Å²) in [5, 5.41) is 9.24. The SMILES string of the molecule is Cc1ccc(Br)cc1-c1ccnc(N)c1C(=O)O. The van der Waals surface area contributed by atoms with Crippen molar-refractivity contribution in [1.29, 1.82) is 0 Å². The highest BCUT2D eigenvalue weighted by molar-refractivity contribution is 9.10. The van der Waals surface area contributed by atoms with E-state index < -0.39 is 5.97 Å². The molecule has 4 nitrogen and oxygen atoms in total. The van der Waals surface area contributed by atoms with Crippen molar-refractivity contribution in [2.75, 3.05) is 5.73 Å². The van der Waals surface area contributed by atoms with Gasteiger partial charge in [0.1, 0.15) is 11.4 Å². The fraction of sp³-hybridized carbons (Fsp3) is 0.0769. The fourth-order valence-electron chi connectivity index (χ4n) is 1.81. The normalized spacial score (nSPS) is 10.3. The van der Waals surface area contributed by atoms with Crippen molar-refractivity contribution in [3.63, 3.8) is 0 Å². The summed E-state index contributed by atoms with van der Waals surface area (Å²) in [6.07, 6.45) is 1.51. The van der Waals surface area contributed by atoms with E-state index in [0.29, 0.717) is 5.56 Å². The Balaban J connectivity index is 2.75. The summed E-state index contributed by atoms with van der Waals surface area (Å²) < 4.78 is 0.884. The van der Waals surface area contributed by atoms with Crippen molar-refractivity contribution in [3.8, 4) is 11.1 Å². The molecule has 0 aliphatic rings. The van der Waals surface area contributed by atoms with Gasteiger partial charge >= 0.3 is 5.97 Å². The second-order valence-electron chi connectivity index (χ2n) is 3.88. The highest BCUT2D eigenvalue weighted by atomic mass is 79.9. The molecule has 18 heavy (non-hydrogen) atoms. The van der Waals surface area contributed by atoms with Crippen molar-refractivity contribution in [1.82, 2.24) is 4.98 Å². The second-order valence-corrected chi connectivity index (χ2v) is 4.80. The molecule has 0 amide bonds. The number of rotatable bonds is 2. The molecule has 0 atom stereocenters. The first-order chi connectivity index (χ1) is 8.50. The van der Waals surface area contributed by atoms with Crippen LogP contribution in [0.15, 0.2) is 34.9 Å². The number of aryl methyl sites for hydroxylation is 1. The van der Waals surface area contributed by atoms with Crippen LogP contribution in [0.4, 0.5) is 5.82 Å². The molecule has 1 aromatic carbocycles. The maximum absolute atomic E-state index is 11.3. The number of carbonyl (C=O) groups is 1. The first-order valence-electron chi connectivity index (χ1n) is 5.25. The highest BCUT2D eigenvalue weighted by Gasteiger charge is 2.17. The van der Waals surface area contributed by atoms with Gasteiger partial charge in [-0.25, -0.2) is 9.78 Å². The van der Waals surface area contributed by atoms with Crippen molar-refractivity contribution >= 4 is 27.7 Å². The Morgan fingerprint density at radius 1 is 1.33 bits per heavy atom. The summed E-state index contributed by atoms with van der Waals surface area (Å²) in [5.41, 5.74) is 8.07. The van der Waals surface area contributed by atoms with E-state index in [0.717, 1.165) is 15.6 Å². The Morgan fingerprint density at radius 3 is 2.72 bits per heavy atom. The number of halogens is 1. The largest absolute Gasteiger partial charge is 0.478 e. The molecule has 2 rings (SSSR count). The Bertz CT molecular complexity index is 626. The van der Waals surface area contributed by atoms with Crippen LogP contribution in [0.25, 0.3) is 11.1 Å². The van der Waals surface area contributed by atoms with Crippen LogP contribution in [0.3, 0.4) is 0 Å². The lowest BCUT2D eigenvalue weighted by atomic mass is 9.97. The summed E-state index contributed by atoms with van der Waals surface area (Å²) in [4.78, 5) is 15.1. The summed E-state index contributed by atoms with van der Waals surface area (Å²) in [5.74, 6) is -1.05. The minimum atomic E-state index is -1.07. The molecule has 3 N–H and O–H groups in total. The third-order valence-electron chi connectivity index (χ3n) is 2.68. The number of hydrogen-bond donors (Lipinski definition) is 2. The minimum Gasteiger partial charge on any atom is -0.478 e. The number of nitrogen functional groups attached to an aromatic ring is 1. The van der Waals surface area contributed by atoms with Gasteiger partial charge in [-0.2, -0.15) is 0 Å². The number of carboxylic acids is 1. The van der Waals surface area contributed by atoms with Gasteiger partial charge in [-0.1, -0.05) is 22.0 Å². The smallest absolute Gasteiger partial charge is 0.340 e. The standard InChI is InChI=1S/C13H11BrN2O2/c1-7-2-3-8(14)6-10(7)9-4-5-16-12(15)11(9)13(17)18/h2-6H,1H3,(H2,15,16)(H,17,18). The molecule has 1 heterocycles. The van der Waals surface area contributed by atoms with Gasteiger partial charge in [0.05, 0.1) is 0 Å². The summed E-state index contributed by atoms with van der Waals surface area (Å²) >= 11 is 3.38. The summed E-state index contributed by atoms with van der Waals surface area (Å²) in [6.45, 7) is 1.92. The predicted molar refractivity (Wildman–Crippen MR) is 73.5 cm³/mol. The lowest BCUT2D eigenvalue weighted by Gasteiger charge is -2.11. The van der Waals surface area contributed by atoms with Gasteiger partial charge in [0.2, 0.25) is 0 Å². The first-order valence-corrected chi connectivity index (χ1v) is 6.04. The lowest BCUT2D eigenvalue weighted by Crippen LogP contribution is -2.07. The van der Waals surface area contributed by atoms with Gasteiger partial charge in [-0.15, -0.1) is 0 Å². The minimum absolute atomic E-state index is 0.0272. The molecule has 92 valence electrons. The van der Waals surface area contributed by atoms with E-state index in [1.807, 2.05) is 25.1 Å². The predicted octanol–water partition coefficient (Wildman–Crippen LogP) is 3.10. The van der Waals surface area contributed by atoms with E-state index in [1.54, 1.807) is 6.07 Å². The topological polar surface area (TPSA) is 76.2 Å². The van der Waals surface area contributed by atoms with Gasteiger partial charge in [0.25, 0.3) is 0 Å². The summed E-state index contributed by atoms with van der Waals surface area (Å²) in [7, 11) is 0. The lowest BCUT2D eigenvalue weighted by molar-refractivity contribution is 0.0698. The van der Waals surface area contributed by atoms with Crippen molar-refractivity contribution < 1.29 is 9.90 Å². The zero-order valence-corrected chi connectivity index (χ0v) is 11.2. The Hall–Kier alpha value is -1.88. The van der Waals surface area contributed by atoms with Crippen molar-refractivity contribution in [2.45, 2.75) is 6.92 Å². The van der Waals surface area contributed by atoms with Crippen molar-refractivity contribution in [3.05, 3.63) is 46.1 Å². The molecule has 0 aliphatic heterocycles. The zero-order chi connectivity index (χ0) is 13.3. The molecule has 0 spiro atoms. The fourth-order valence-corrected chi connectivity index (χ4v) is 2.17. The highest BCUT2D eigenvalue weighted by Crippen LogP contribution is 2.31. The van der Waals surface area contributed by atoms with Crippen LogP contribution in [-0.4, -0.2) is 16.1 Å².